The molecule has 0 bridgehead atoms. The van der Waals surface area contributed by atoms with Crippen LogP contribution in [0.4, 0.5) is 10.1 Å². The van der Waals surface area contributed by atoms with Gasteiger partial charge in [0, 0.05) is 19.1 Å². The molecular weight excluding hydrogens is 251 g/mol. The fourth-order valence-corrected chi connectivity index (χ4v) is 2.94. The van der Waals surface area contributed by atoms with Crippen LogP contribution in [0.1, 0.15) is 51.6 Å². The number of rotatable bonds is 5. The zero-order valence-corrected chi connectivity index (χ0v) is 13.0. The maximum Gasteiger partial charge on any atom is 0.146 e. The van der Waals surface area contributed by atoms with Gasteiger partial charge in [-0.2, -0.15) is 0 Å². The van der Waals surface area contributed by atoms with Gasteiger partial charge >= 0.3 is 0 Å². The molecule has 1 aromatic carbocycles. The van der Waals surface area contributed by atoms with Crippen molar-refractivity contribution in [3.05, 3.63) is 29.6 Å². The van der Waals surface area contributed by atoms with E-state index < -0.39 is 0 Å². The topological polar surface area (TPSA) is 15.3 Å². The van der Waals surface area contributed by atoms with Gasteiger partial charge in [0.25, 0.3) is 0 Å². The summed E-state index contributed by atoms with van der Waals surface area (Å²) in [5.74, 6) is 0.578. The summed E-state index contributed by atoms with van der Waals surface area (Å²) in [6.45, 7) is 9.39. The van der Waals surface area contributed by atoms with Gasteiger partial charge in [-0.05, 0) is 56.3 Å². The molecule has 0 aliphatic carbocycles. The van der Waals surface area contributed by atoms with Gasteiger partial charge in [-0.1, -0.05) is 19.9 Å². The minimum atomic E-state index is -0.0817. The Morgan fingerprint density at radius 3 is 2.90 bits per heavy atom. The molecule has 1 N–H and O–H groups in total. The molecule has 2 rings (SSSR count). The highest BCUT2D eigenvalue weighted by Gasteiger charge is 2.19. The second kappa shape index (κ2) is 7.07. The first-order chi connectivity index (χ1) is 9.61. The molecule has 20 heavy (non-hydrogen) atoms. The van der Waals surface area contributed by atoms with E-state index in [1.807, 2.05) is 6.07 Å². The third kappa shape index (κ3) is 3.72. The van der Waals surface area contributed by atoms with Crippen molar-refractivity contribution in [2.45, 2.75) is 46.1 Å². The molecule has 0 radical (unpaired) electrons. The lowest BCUT2D eigenvalue weighted by Gasteiger charge is -2.33. The van der Waals surface area contributed by atoms with Crippen LogP contribution in [0.15, 0.2) is 18.2 Å². The summed E-state index contributed by atoms with van der Waals surface area (Å²) >= 11 is 0. The van der Waals surface area contributed by atoms with Crippen LogP contribution in [0.25, 0.3) is 0 Å². The number of benzene rings is 1. The van der Waals surface area contributed by atoms with Gasteiger partial charge in [-0.15, -0.1) is 0 Å². The van der Waals surface area contributed by atoms with Crippen molar-refractivity contribution in [1.82, 2.24) is 5.32 Å². The second-order valence-corrected chi connectivity index (χ2v) is 6.08. The van der Waals surface area contributed by atoms with Crippen LogP contribution in [0.5, 0.6) is 0 Å². The molecule has 1 aliphatic heterocycles. The lowest BCUT2D eigenvalue weighted by molar-refractivity contribution is 0.442. The molecule has 3 heteroatoms. The van der Waals surface area contributed by atoms with E-state index in [0.717, 1.165) is 43.7 Å². The molecule has 1 aromatic rings. The molecule has 1 heterocycles. The largest absolute Gasteiger partial charge is 0.369 e. The first kappa shape index (κ1) is 15.3. The molecule has 2 nitrogen and oxygen atoms in total. The highest BCUT2D eigenvalue weighted by Crippen LogP contribution is 2.27. The predicted molar refractivity (Wildman–Crippen MR) is 83.7 cm³/mol. The standard InChI is InChI=1S/C17H27FN2/c1-4-9-19-14(3)15-7-8-17(16(18)11-15)20-10-5-6-13(2)12-20/h7-8,11,13-14,19H,4-6,9-10,12H2,1-3H3/t13-,14+/m0/s1. The number of hydrogen-bond donors (Lipinski definition) is 1. The summed E-state index contributed by atoms with van der Waals surface area (Å²) in [6, 6.07) is 5.92. The first-order valence-corrected chi connectivity index (χ1v) is 7.89. The van der Waals surface area contributed by atoms with Gasteiger partial charge < -0.3 is 10.2 Å². The van der Waals surface area contributed by atoms with Crippen LogP contribution in [-0.2, 0) is 0 Å². The van der Waals surface area contributed by atoms with E-state index in [-0.39, 0.29) is 11.9 Å². The van der Waals surface area contributed by atoms with Gasteiger partial charge in [-0.3, -0.25) is 0 Å². The van der Waals surface area contributed by atoms with E-state index >= 15 is 0 Å². The van der Waals surface area contributed by atoms with E-state index in [1.54, 1.807) is 6.07 Å². The van der Waals surface area contributed by atoms with Crippen LogP contribution in [0, 0.1) is 11.7 Å². The molecule has 112 valence electrons. The minimum Gasteiger partial charge on any atom is -0.369 e. The molecule has 0 saturated carbocycles. The summed E-state index contributed by atoms with van der Waals surface area (Å²) in [5, 5.41) is 3.40. The third-order valence-electron chi connectivity index (χ3n) is 4.17. The Morgan fingerprint density at radius 2 is 2.25 bits per heavy atom. The molecule has 2 atom stereocenters. The van der Waals surface area contributed by atoms with E-state index in [9.17, 15) is 4.39 Å². The Morgan fingerprint density at radius 1 is 1.45 bits per heavy atom. The van der Waals surface area contributed by atoms with E-state index in [4.69, 9.17) is 0 Å². The quantitative estimate of drug-likeness (QED) is 0.871. The fourth-order valence-electron chi connectivity index (χ4n) is 2.94. The molecule has 1 fully saturated rings. The lowest BCUT2D eigenvalue weighted by Crippen LogP contribution is -2.34. The summed E-state index contributed by atoms with van der Waals surface area (Å²) in [6.07, 6.45) is 3.52. The van der Waals surface area contributed by atoms with Crippen molar-refractivity contribution in [1.29, 1.82) is 0 Å². The van der Waals surface area contributed by atoms with Crippen molar-refractivity contribution in [2.24, 2.45) is 5.92 Å². The number of hydrogen-bond acceptors (Lipinski definition) is 2. The normalized spacial score (nSPS) is 21.0. The van der Waals surface area contributed by atoms with Crippen molar-refractivity contribution in [3.8, 4) is 0 Å². The van der Waals surface area contributed by atoms with Crippen molar-refractivity contribution < 1.29 is 4.39 Å². The van der Waals surface area contributed by atoms with Gasteiger partial charge in [0.1, 0.15) is 5.82 Å². The first-order valence-electron chi connectivity index (χ1n) is 7.89. The number of nitrogens with one attached hydrogen (secondary N) is 1. The van der Waals surface area contributed by atoms with Gasteiger partial charge in [-0.25, -0.2) is 4.39 Å². The average Bonchev–Trinajstić information content (AvgIpc) is 2.44. The van der Waals surface area contributed by atoms with E-state index in [1.165, 1.54) is 6.42 Å². The molecule has 0 spiro atoms. The average molecular weight is 278 g/mol. The van der Waals surface area contributed by atoms with Gasteiger partial charge in [0.2, 0.25) is 0 Å². The molecule has 0 amide bonds. The molecular formula is C17H27FN2. The number of nitrogens with zero attached hydrogens (tertiary/aromatic N) is 1. The summed E-state index contributed by atoms with van der Waals surface area (Å²) in [4.78, 5) is 2.19. The van der Waals surface area contributed by atoms with E-state index in [0.29, 0.717) is 5.92 Å². The van der Waals surface area contributed by atoms with E-state index in [2.05, 4.69) is 37.1 Å². The molecule has 0 aromatic heterocycles. The molecule has 1 aliphatic rings. The van der Waals surface area contributed by atoms with Crippen LogP contribution >= 0.6 is 0 Å². The van der Waals surface area contributed by atoms with Crippen LogP contribution in [0.2, 0.25) is 0 Å². The molecule has 0 unspecified atom stereocenters. The Bertz CT molecular complexity index is 433. The maximum atomic E-state index is 14.4. The van der Waals surface area contributed by atoms with Crippen molar-refractivity contribution >= 4 is 5.69 Å². The fraction of sp³-hybridized carbons (Fsp3) is 0.647. The van der Waals surface area contributed by atoms with Crippen molar-refractivity contribution in [2.75, 3.05) is 24.5 Å². The Hall–Kier alpha value is -1.09. The number of anilines is 1. The lowest BCUT2D eigenvalue weighted by atomic mass is 9.99. The zero-order chi connectivity index (χ0) is 14.5. The van der Waals surface area contributed by atoms with Gasteiger partial charge in [0.15, 0.2) is 0 Å². The second-order valence-electron chi connectivity index (χ2n) is 6.08. The zero-order valence-electron chi connectivity index (χ0n) is 13.0. The maximum absolute atomic E-state index is 14.4. The Balaban J connectivity index is 2.09. The van der Waals surface area contributed by atoms with Crippen LogP contribution in [0.3, 0.4) is 0 Å². The van der Waals surface area contributed by atoms with Crippen LogP contribution < -0.4 is 10.2 Å². The highest BCUT2D eigenvalue weighted by atomic mass is 19.1. The smallest absolute Gasteiger partial charge is 0.146 e. The Labute approximate surface area is 122 Å². The minimum absolute atomic E-state index is 0.0817. The Kier molecular flexibility index (Phi) is 5.41. The SMILES string of the molecule is CCCN[C@H](C)c1ccc(N2CCC[C@H](C)C2)c(F)c1. The van der Waals surface area contributed by atoms with Crippen LogP contribution in [-0.4, -0.2) is 19.6 Å². The third-order valence-corrected chi connectivity index (χ3v) is 4.17. The number of piperidine rings is 1. The summed E-state index contributed by atoms with van der Waals surface area (Å²) < 4.78 is 14.4. The highest BCUT2D eigenvalue weighted by molar-refractivity contribution is 5.50. The monoisotopic (exact) mass is 278 g/mol. The van der Waals surface area contributed by atoms with Crippen molar-refractivity contribution in [3.63, 3.8) is 0 Å². The predicted octanol–water partition coefficient (Wildman–Crippen LogP) is 4.12. The van der Waals surface area contributed by atoms with Gasteiger partial charge in [0.05, 0.1) is 5.69 Å². The number of halogens is 1. The summed E-state index contributed by atoms with van der Waals surface area (Å²) in [5.41, 5.74) is 1.80. The molecule has 1 saturated heterocycles. The summed E-state index contributed by atoms with van der Waals surface area (Å²) in [7, 11) is 0.